The quantitative estimate of drug-likeness (QED) is 0.557. The second kappa shape index (κ2) is 14.4. The van der Waals surface area contributed by atoms with Gasteiger partial charge in [0.2, 0.25) is 5.91 Å². The number of nitrogens with one attached hydrogen (secondary N) is 2. The average Bonchev–Trinajstić information content (AvgIpc) is 2.30. The van der Waals surface area contributed by atoms with E-state index < -0.39 is 0 Å². The van der Waals surface area contributed by atoms with Crippen LogP contribution in [0.15, 0.2) is 0 Å². The van der Waals surface area contributed by atoms with E-state index in [0.29, 0.717) is 0 Å². The predicted octanol–water partition coefficient (Wildman–Crippen LogP) is 1.50. The summed E-state index contributed by atoms with van der Waals surface area (Å²) < 4.78 is 0. The number of nitrogens with two attached hydrogens (primary N) is 1. The second-order valence-electron chi connectivity index (χ2n) is 3.60. The van der Waals surface area contributed by atoms with Gasteiger partial charge in [0.25, 0.3) is 0 Å². The van der Waals surface area contributed by atoms with Crippen molar-refractivity contribution in [3.63, 3.8) is 0 Å². The van der Waals surface area contributed by atoms with E-state index in [1.54, 1.807) is 6.92 Å². The molecule has 1 amide bonds. The lowest BCUT2D eigenvalue weighted by Gasteiger charge is -2.07. The molecule has 0 fully saturated rings. The van der Waals surface area contributed by atoms with Crippen molar-refractivity contribution in [2.75, 3.05) is 20.1 Å². The molecular weight excluding hydrogens is 202 g/mol. The molecule has 0 saturated heterocycles. The zero-order valence-electron chi connectivity index (χ0n) is 11.3. The molecule has 4 nitrogen and oxygen atoms in total. The normalized spacial score (nSPS) is 11.3. The Hall–Kier alpha value is -0.610. The van der Waals surface area contributed by atoms with Gasteiger partial charge in [-0.05, 0) is 33.4 Å². The maximum absolute atomic E-state index is 11.0. The first-order valence-electron chi connectivity index (χ1n) is 6.36. The van der Waals surface area contributed by atoms with Crippen LogP contribution in [0.4, 0.5) is 0 Å². The third-order valence-corrected chi connectivity index (χ3v) is 2.07. The van der Waals surface area contributed by atoms with E-state index in [0.717, 1.165) is 19.5 Å². The lowest BCUT2D eigenvalue weighted by Crippen LogP contribution is -2.38. The van der Waals surface area contributed by atoms with Crippen molar-refractivity contribution in [2.24, 2.45) is 5.73 Å². The zero-order valence-corrected chi connectivity index (χ0v) is 11.3. The molecule has 0 aromatic rings. The molecule has 0 radical (unpaired) electrons. The molecule has 4 N–H and O–H groups in total. The van der Waals surface area contributed by atoms with Gasteiger partial charge in [-0.15, -0.1) is 0 Å². The van der Waals surface area contributed by atoms with E-state index in [1.807, 2.05) is 20.9 Å². The summed E-state index contributed by atoms with van der Waals surface area (Å²) in [6.07, 6.45) is 4.63. The monoisotopic (exact) mass is 233 g/mol. The number of rotatable bonds is 8. The first-order chi connectivity index (χ1) is 7.68. The van der Waals surface area contributed by atoms with Gasteiger partial charge >= 0.3 is 0 Å². The van der Waals surface area contributed by atoms with E-state index in [2.05, 4.69) is 10.6 Å². The second-order valence-corrected chi connectivity index (χ2v) is 3.60. The molecule has 0 saturated carbocycles. The highest BCUT2D eigenvalue weighted by Crippen LogP contribution is 1.97. The summed E-state index contributed by atoms with van der Waals surface area (Å²) in [5.74, 6) is -0.0553. The Morgan fingerprint density at radius 1 is 1.19 bits per heavy atom. The molecule has 0 aliphatic heterocycles. The maximum Gasteiger partial charge on any atom is 0.236 e. The van der Waals surface area contributed by atoms with E-state index in [9.17, 15) is 4.79 Å². The van der Waals surface area contributed by atoms with Gasteiger partial charge < -0.3 is 16.4 Å². The van der Waals surface area contributed by atoms with Crippen LogP contribution in [0.3, 0.4) is 0 Å². The molecule has 0 rings (SSSR count). The minimum absolute atomic E-state index is 0. The number of amides is 1. The molecule has 1 unspecified atom stereocenters. The third kappa shape index (κ3) is 13.4. The number of hydrogen-bond donors (Lipinski definition) is 3. The summed E-state index contributed by atoms with van der Waals surface area (Å²) >= 11 is 0. The summed E-state index contributed by atoms with van der Waals surface area (Å²) in [6.45, 7) is 7.52. The van der Waals surface area contributed by atoms with Crippen LogP contribution in [0, 0.1) is 0 Å². The van der Waals surface area contributed by atoms with Gasteiger partial charge in [0.05, 0.1) is 6.04 Å². The molecule has 0 aromatic carbocycles. The minimum Gasteiger partial charge on any atom is -0.355 e. The molecule has 0 bridgehead atoms. The van der Waals surface area contributed by atoms with E-state index in [1.165, 1.54) is 19.3 Å². The van der Waals surface area contributed by atoms with Gasteiger partial charge in [0.15, 0.2) is 0 Å². The fourth-order valence-electron chi connectivity index (χ4n) is 1.15. The molecule has 16 heavy (non-hydrogen) atoms. The lowest BCUT2D eigenvalue weighted by atomic mass is 10.2. The van der Waals surface area contributed by atoms with Gasteiger partial charge in [-0.25, -0.2) is 0 Å². The van der Waals surface area contributed by atoms with Crippen molar-refractivity contribution in [1.82, 2.24) is 10.6 Å². The van der Waals surface area contributed by atoms with Crippen molar-refractivity contribution in [1.29, 1.82) is 0 Å². The predicted molar refractivity (Wildman–Crippen MR) is 72.5 cm³/mol. The summed E-state index contributed by atoms with van der Waals surface area (Å²) in [6, 6.07) is -0.390. The summed E-state index contributed by atoms with van der Waals surface area (Å²) in [4.78, 5) is 11.0. The van der Waals surface area contributed by atoms with Crippen LogP contribution < -0.4 is 16.4 Å². The average molecular weight is 233 g/mol. The van der Waals surface area contributed by atoms with Crippen molar-refractivity contribution in [3.05, 3.63) is 0 Å². The summed E-state index contributed by atoms with van der Waals surface area (Å²) in [7, 11) is 1.96. The molecule has 0 aromatic heterocycles. The van der Waals surface area contributed by atoms with Crippen molar-refractivity contribution >= 4 is 5.91 Å². The highest BCUT2D eigenvalue weighted by atomic mass is 16.2. The molecule has 4 heteroatoms. The first kappa shape index (κ1) is 17.8. The van der Waals surface area contributed by atoms with Crippen molar-refractivity contribution in [2.45, 2.75) is 52.5 Å². The lowest BCUT2D eigenvalue weighted by molar-refractivity contribution is -0.121. The number of carbonyl (C=O) groups is 1. The van der Waals surface area contributed by atoms with Crippen LogP contribution in [0.25, 0.3) is 0 Å². The van der Waals surface area contributed by atoms with Gasteiger partial charge in [-0.1, -0.05) is 26.7 Å². The van der Waals surface area contributed by atoms with E-state index >= 15 is 0 Å². The zero-order chi connectivity index (χ0) is 12.8. The Morgan fingerprint density at radius 3 is 2.12 bits per heavy atom. The number of hydrogen-bond acceptors (Lipinski definition) is 3. The smallest absolute Gasteiger partial charge is 0.236 e. The Labute approximate surface area is 102 Å². The molecule has 100 valence electrons. The molecule has 0 aliphatic carbocycles. The van der Waals surface area contributed by atoms with Crippen LogP contribution >= 0.6 is 0 Å². The van der Waals surface area contributed by atoms with Crippen LogP contribution in [-0.2, 0) is 4.79 Å². The number of carbonyl (C=O) groups excluding carboxylic acids is 1. The molecule has 0 heterocycles. The van der Waals surface area contributed by atoms with Crippen molar-refractivity contribution < 1.29 is 6.22 Å². The molecular formula is C12H31N3O. The Kier molecular flexibility index (Phi) is 16.0. The fourth-order valence-corrected chi connectivity index (χ4v) is 1.15. The number of unbranched alkanes of at least 4 members (excludes halogenated alkanes) is 3. The molecule has 0 spiro atoms. The van der Waals surface area contributed by atoms with Gasteiger partial charge in [0.1, 0.15) is 0 Å². The topological polar surface area (TPSA) is 67.1 Å². The van der Waals surface area contributed by atoms with Crippen LogP contribution in [0.5, 0.6) is 0 Å². The van der Waals surface area contributed by atoms with E-state index in [4.69, 9.17) is 5.73 Å². The Balaban J connectivity index is -0.000000616. The van der Waals surface area contributed by atoms with Gasteiger partial charge in [-0.3, -0.25) is 4.79 Å². The Morgan fingerprint density at radius 2 is 1.69 bits per heavy atom. The summed E-state index contributed by atoms with van der Waals surface area (Å²) in [5.41, 5.74) is 5.40. The summed E-state index contributed by atoms with van der Waals surface area (Å²) in [5, 5.41) is 5.90. The van der Waals surface area contributed by atoms with Crippen LogP contribution in [-0.4, -0.2) is 32.1 Å². The standard InChI is InChI=1S/C10H23N3O.C2H6.H2/c1-9(11)10(14)13-8-6-4-3-5-7-12-2;1-2;/h9,12H,3-8,11H2,1-2H3,(H,13,14);1-2H3;1H. The maximum atomic E-state index is 11.0. The SMILES string of the molecule is CC.CNCCCCCCNC(=O)C(C)N.[HH]. The third-order valence-electron chi connectivity index (χ3n) is 2.07. The van der Waals surface area contributed by atoms with Gasteiger partial charge in [-0.2, -0.15) is 0 Å². The highest BCUT2D eigenvalue weighted by Gasteiger charge is 2.04. The fraction of sp³-hybridized carbons (Fsp3) is 0.917. The van der Waals surface area contributed by atoms with E-state index in [-0.39, 0.29) is 13.4 Å². The van der Waals surface area contributed by atoms with Crippen molar-refractivity contribution in [3.8, 4) is 0 Å². The molecule has 0 aliphatic rings. The van der Waals surface area contributed by atoms with Gasteiger partial charge in [0, 0.05) is 7.97 Å². The van der Waals surface area contributed by atoms with Crippen LogP contribution in [0.2, 0.25) is 0 Å². The highest BCUT2D eigenvalue weighted by molar-refractivity contribution is 5.80. The Bertz CT molecular complexity index is 155. The minimum atomic E-state index is -0.390. The molecule has 1 atom stereocenters. The first-order valence-corrected chi connectivity index (χ1v) is 6.36. The largest absolute Gasteiger partial charge is 0.355 e. The van der Waals surface area contributed by atoms with Crippen LogP contribution in [0.1, 0.15) is 47.9 Å².